The second kappa shape index (κ2) is 16.1. The van der Waals surface area contributed by atoms with Gasteiger partial charge in [0.15, 0.2) is 0 Å². The number of aliphatic carboxylic acids is 1. The van der Waals surface area contributed by atoms with Crippen LogP contribution in [0.2, 0.25) is 0 Å². The van der Waals surface area contributed by atoms with Gasteiger partial charge in [-0.2, -0.15) is 0 Å². The van der Waals surface area contributed by atoms with Crippen LogP contribution in [-0.2, 0) is 20.9 Å². The Kier molecular flexibility index (Phi) is 11.5. The van der Waals surface area contributed by atoms with Crippen molar-refractivity contribution in [2.75, 3.05) is 6.54 Å². The SMILES string of the molecule is CCCCN(C(=O)[C@H](CCCC(=O)O)NC(=O)c1cn(Cc2ccccc2)c2ccccc12)[C@@H](C)C(C(N)=O)c1ccc2ccccc2c1. The Balaban J connectivity index is 1.46. The van der Waals surface area contributed by atoms with Crippen LogP contribution in [0.1, 0.15) is 73.4 Å². The van der Waals surface area contributed by atoms with E-state index in [9.17, 15) is 24.3 Å². The zero-order chi connectivity index (χ0) is 34.9. The van der Waals surface area contributed by atoms with Crippen LogP contribution in [-0.4, -0.2) is 56.9 Å². The third-order valence-electron chi connectivity index (χ3n) is 9.16. The van der Waals surface area contributed by atoms with Gasteiger partial charge in [-0.15, -0.1) is 0 Å². The predicted octanol–water partition coefficient (Wildman–Crippen LogP) is 6.48. The standard InChI is InChI=1S/C40H44N4O5/c1-3-4-23-44(27(2)37(38(41)47)31-22-21-29-15-8-9-16-30(29)24-31)40(49)34(18-12-20-36(45)46)42-39(48)33-26-43(25-28-13-6-5-7-14-28)35-19-11-10-17-32(33)35/h5-11,13-17,19,21-22,24,26-27,34,37H,3-4,12,18,20,23,25H2,1-2H3,(H2,41,47)(H,42,48)(H,45,46)/t27-,34-,37?/m0/s1. The molecular formula is C40H44N4O5. The van der Waals surface area contributed by atoms with Crippen molar-refractivity contribution in [3.8, 4) is 0 Å². The highest BCUT2D eigenvalue weighted by Gasteiger charge is 2.36. The third kappa shape index (κ3) is 8.35. The van der Waals surface area contributed by atoms with Gasteiger partial charge in [-0.3, -0.25) is 19.2 Å². The van der Waals surface area contributed by atoms with Gasteiger partial charge in [0.2, 0.25) is 11.8 Å². The summed E-state index contributed by atoms with van der Waals surface area (Å²) in [6, 6.07) is 29.5. The van der Waals surface area contributed by atoms with E-state index >= 15 is 0 Å². The number of benzene rings is 4. The highest BCUT2D eigenvalue weighted by Crippen LogP contribution is 2.29. The summed E-state index contributed by atoms with van der Waals surface area (Å²) in [5, 5.41) is 15.1. The van der Waals surface area contributed by atoms with Crippen molar-refractivity contribution in [3.63, 3.8) is 0 Å². The van der Waals surface area contributed by atoms with Crippen LogP contribution in [0.15, 0.2) is 103 Å². The molecule has 254 valence electrons. The van der Waals surface area contributed by atoms with Gasteiger partial charge in [-0.05, 0) is 54.2 Å². The van der Waals surface area contributed by atoms with Crippen LogP contribution in [0, 0.1) is 0 Å². The zero-order valence-corrected chi connectivity index (χ0v) is 28.0. The fourth-order valence-electron chi connectivity index (χ4n) is 6.59. The molecule has 5 aromatic rings. The highest BCUT2D eigenvalue weighted by molar-refractivity contribution is 6.08. The lowest BCUT2D eigenvalue weighted by Crippen LogP contribution is -2.54. The largest absolute Gasteiger partial charge is 0.481 e. The number of nitrogens with zero attached hydrogens (tertiary/aromatic N) is 2. The van der Waals surface area contributed by atoms with Gasteiger partial charge in [0.05, 0.1) is 11.5 Å². The second-order valence-corrected chi connectivity index (χ2v) is 12.6. The van der Waals surface area contributed by atoms with E-state index in [-0.39, 0.29) is 25.2 Å². The highest BCUT2D eigenvalue weighted by atomic mass is 16.4. The van der Waals surface area contributed by atoms with Crippen LogP contribution in [0.4, 0.5) is 0 Å². The lowest BCUT2D eigenvalue weighted by Gasteiger charge is -2.36. The van der Waals surface area contributed by atoms with Crippen molar-refractivity contribution in [1.82, 2.24) is 14.8 Å². The van der Waals surface area contributed by atoms with Crippen molar-refractivity contribution < 1.29 is 24.3 Å². The Hall–Kier alpha value is -5.44. The summed E-state index contributed by atoms with van der Waals surface area (Å²) in [7, 11) is 0. The Morgan fingerprint density at radius 1 is 0.878 bits per heavy atom. The van der Waals surface area contributed by atoms with Crippen molar-refractivity contribution in [2.45, 2.75) is 70.5 Å². The van der Waals surface area contributed by atoms with Crippen LogP contribution >= 0.6 is 0 Å². The second-order valence-electron chi connectivity index (χ2n) is 12.6. The zero-order valence-electron chi connectivity index (χ0n) is 28.0. The summed E-state index contributed by atoms with van der Waals surface area (Å²) in [6.07, 6.45) is 3.41. The molecule has 0 spiro atoms. The summed E-state index contributed by atoms with van der Waals surface area (Å²) in [5.74, 6) is -3.16. The van der Waals surface area contributed by atoms with Gasteiger partial charge in [-0.25, -0.2) is 0 Å². The van der Waals surface area contributed by atoms with Crippen LogP contribution < -0.4 is 11.1 Å². The Labute approximate surface area is 286 Å². The fourth-order valence-corrected chi connectivity index (χ4v) is 6.59. The number of rotatable bonds is 16. The first-order valence-corrected chi connectivity index (χ1v) is 16.9. The maximum atomic E-state index is 14.5. The number of amides is 3. The first-order valence-electron chi connectivity index (χ1n) is 16.9. The normalized spacial score (nSPS) is 13.1. The number of para-hydroxylation sites is 1. The summed E-state index contributed by atoms with van der Waals surface area (Å²) in [5.41, 5.74) is 9.10. The molecule has 0 fully saturated rings. The predicted molar refractivity (Wildman–Crippen MR) is 192 cm³/mol. The molecule has 49 heavy (non-hydrogen) atoms. The lowest BCUT2D eigenvalue weighted by atomic mass is 9.88. The van der Waals surface area contributed by atoms with Crippen LogP contribution in [0.25, 0.3) is 21.7 Å². The summed E-state index contributed by atoms with van der Waals surface area (Å²) in [4.78, 5) is 54.7. The maximum Gasteiger partial charge on any atom is 0.303 e. The minimum absolute atomic E-state index is 0.117. The first kappa shape index (κ1) is 34.9. The molecule has 0 aliphatic heterocycles. The average Bonchev–Trinajstić information content (AvgIpc) is 3.46. The fraction of sp³-hybridized carbons (Fsp3) is 0.300. The number of carboxylic acid groups (broad SMARTS) is 1. The van der Waals surface area contributed by atoms with Gasteiger partial charge in [0.25, 0.3) is 5.91 Å². The minimum Gasteiger partial charge on any atom is -0.481 e. The molecule has 1 unspecified atom stereocenters. The molecule has 9 heteroatoms. The Bertz CT molecular complexity index is 1940. The Morgan fingerprint density at radius 2 is 1.57 bits per heavy atom. The number of fused-ring (bicyclic) bond motifs is 2. The number of nitrogens with two attached hydrogens (primary N) is 1. The van der Waals surface area contributed by atoms with E-state index in [0.29, 0.717) is 30.6 Å². The van der Waals surface area contributed by atoms with E-state index in [2.05, 4.69) is 5.32 Å². The number of carbonyl (C=O) groups is 4. The van der Waals surface area contributed by atoms with Crippen LogP contribution in [0.3, 0.4) is 0 Å². The van der Waals surface area contributed by atoms with Crippen molar-refractivity contribution in [3.05, 3.63) is 120 Å². The van der Waals surface area contributed by atoms with Crippen molar-refractivity contribution >= 4 is 45.4 Å². The number of nitrogens with one attached hydrogen (secondary N) is 1. The molecule has 4 aromatic carbocycles. The van der Waals surface area contributed by atoms with Gasteiger partial charge >= 0.3 is 5.97 Å². The molecule has 0 saturated heterocycles. The molecule has 0 saturated carbocycles. The average molecular weight is 661 g/mol. The van der Waals surface area contributed by atoms with E-state index in [0.717, 1.165) is 33.7 Å². The third-order valence-corrected chi connectivity index (χ3v) is 9.16. The van der Waals surface area contributed by atoms with Crippen LogP contribution in [0.5, 0.6) is 0 Å². The molecule has 0 aliphatic rings. The molecule has 3 amide bonds. The number of aromatic nitrogens is 1. The molecule has 9 nitrogen and oxygen atoms in total. The van der Waals surface area contributed by atoms with Crippen molar-refractivity contribution in [2.24, 2.45) is 5.73 Å². The molecule has 3 atom stereocenters. The maximum absolute atomic E-state index is 14.5. The van der Waals surface area contributed by atoms with Gasteiger partial charge in [0, 0.05) is 42.7 Å². The smallest absolute Gasteiger partial charge is 0.303 e. The van der Waals surface area contributed by atoms with E-state index < -0.39 is 35.8 Å². The number of unbranched alkanes of at least 4 members (excludes halogenated alkanes) is 1. The first-order chi connectivity index (χ1) is 23.7. The number of hydrogen-bond acceptors (Lipinski definition) is 4. The van der Waals surface area contributed by atoms with E-state index in [1.54, 1.807) is 11.1 Å². The summed E-state index contributed by atoms with van der Waals surface area (Å²) < 4.78 is 2.01. The van der Waals surface area contributed by atoms with Gasteiger partial charge in [0.1, 0.15) is 6.04 Å². The molecule has 0 aliphatic carbocycles. The summed E-state index contributed by atoms with van der Waals surface area (Å²) in [6.45, 7) is 4.72. The number of carbonyl (C=O) groups excluding carboxylic acids is 3. The molecule has 0 bridgehead atoms. The minimum atomic E-state index is -1.02. The molecule has 4 N–H and O–H groups in total. The molecule has 5 rings (SSSR count). The molecule has 1 aromatic heterocycles. The van der Waals surface area contributed by atoms with Crippen molar-refractivity contribution in [1.29, 1.82) is 0 Å². The van der Waals surface area contributed by atoms with E-state index in [1.807, 2.05) is 115 Å². The number of hydrogen-bond donors (Lipinski definition) is 3. The monoisotopic (exact) mass is 660 g/mol. The Morgan fingerprint density at radius 3 is 2.29 bits per heavy atom. The van der Waals surface area contributed by atoms with E-state index in [1.165, 1.54) is 0 Å². The number of carboxylic acids is 1. The molecular weight excluding hydrogens is 616 g/mol. The quantitative estimate of drug-likeness (QED) is 0.111. The topological polar surface area (TPSA) is 135 Å². The lowest BCUT2D eigenvalue weighted by molar-refractivity contribution is -0.139. The van der Waals surface area contributed by atoms with E-state index in [4.69, 9.17) is 5.73 Å². The molecule has 0 radical (unpaired) electrons. The van der Waals surface area contributed by atoms with Gasteiger partial charge < -0.3 is 25.6 Å². The molecule has 1 heterocycles. The number of primary amides is 1. The summed E-state index contributed by atoms with van der Waals surface area (Å²) >= 11 is 0. The van der Waals surface area contributed by atoms with Gasteiger partial charge in [-0.1, -0.05) is 104 Å².